The number of likely N-dealkylation sites (N-methyl/N-ethyl adjacent to an activating group) is 1. The van der Waals surface area contributed by atoms with E-state index in [-0.39, 0.29) is 12.5 Å². The van der Waals surface area contributed by atoms with Crippen LogP contribution in [0.5, 0.6) is 0 Å². The van der Waals surface area contributed by atoms with Crippen molar-refractivity contribution >= 4 is 11.6 Å². The van der Waals surface area contributed by atoms with Crippen LogP contribution in [0.3, 0.4) is 0 Å². The topological polar surface area (TPSA) is 82.7 Å². The van der Waals surface area contributed by atoms with E-state index in [1.165, 1.54) is 0 Å². The van der Waals surface area contributed by atoms with Crippen molar-refractivity contribution in [2.24, 2.45) is 0 Å². The molecule has 1 amide bonds. The van der Waals surface area contributed by atoms with Crippen LogP contribution in [0.25, 0.3) is 0 Å². The molecule has 102 valence electrons. The maximum atomic E-state index is 11.2. The van der Waals surface area contributed by atoms with Gasteiger partial charge in [0.1, 0.15) is 6.54 Å². The van der Waals surface area contributed by atoms with E-state index < -0.39 is 0 Å². The van der Waals surface area contributed by atoms with Crippen molar-refractivity contribution in [3.05, 3.63) is 47.8 Å². The third-order valence-electron chi connectivity index (χ3n) is 2.77. The fraction of sp³-hybridized carbons (Fsp3) is 0.214. The Morgan fingerprint density at radius 3 is 3.10 bits per heavy atom. The highest BCUT2D eigenvalue weighted by Crippen LogP contribution is 2.09. The van der Waals surface area contributed by atoms with Crippen LogP contribution in [-0.4, -0.2) is 22.7 Å². The first-order valence-corrected chi connectivity index (χ1v) is 6.17. The summed E-state index contributed by atoms with van der Waals surface area (Å²) in [5.41, 5.74) is 2.49. The summed E-state index contributed by atoms with van der Waals surface area (Å²) in [6.45, 7) is 0.795. The summed E-state index contributed by atoms with van der Waals surface area (Å²) in [6.07, 6.45) is 3.43. The van der Waals surface area contributed by atoms with Crippen LogP contribution in [0, 0.1) is 11.3 Å². The van der Waals surface area contributed by atoms with Crippen molar-refractivity contribution < 1.29 is 4.79 Å². The van der Waals surface area contributed by atoms with Gasteiger partial charge in [0.15, 0.2) is 0 Å². The van der Waals surface area contributed by atoms with Gasteiger partial charge in [0, 0.05) is 19.8 Å². The number of anilines is 1. The average molecular weight is 269 g/mol. The fourth-order valence-electron chi connectivity index (χ4n) is 1.72. The minimum Gasteiger partial charge on any atom is -0.378 e. The maximum absolute atomic E-state index is 11.2. The van der Waals surface area contributed by atoms with Crippen LogP contribution in [0.4, 0.5) is 5.69 Å². The number of aromatic nitrogens is 2. The van der Waals surface area contributed by atoms with E-state index in [1.807, 2.05) is 18.2 Å². The number of rotatable bonds is 5. The van der Waals surface area contributed by atoms with Gasteiger partial charge in [0.25, 0.3) is 0 Å². The molecule has 0 unspecified atom stereocenters. The zero-order valence-electron chi connectivity index (χ0n) is 11.1. The molecular formula is C14H15N5O. The highest BCUT2D eigenvalue weighted by molar-refractivity contribution is 5.75. The predicted octanol–water partition coefficient (Wildman–Crippen LogP) is 1.11. The molecule has 1 heterocycles. The second kappa shape index (κ2) is 6.38. The van der Waals surface area contributed by atoms with Gasteiger partial charge in [-0.1, -0.05) is 12.1 Å². The summed E-state index contributed by atoms with van der Waals surface area (Å²) in [6, 6.07) is 9.51. The van der Waals surface area contributed by atoms with Crippen molar-refractivity contribution in [3.8, 4) is 6.07 Å². The molecule has 2 aromatic rings. The Balaban J connectivity index is 1.94. The lowest BCUT2D eigenvalue weighted by molar-refractivity contribution is -0.121. The molecule has 6 nitrogen and oxygen atoms in total. The van der Waals surface area contributed by atoms with Crippen LogP contribution in [0.2, 0.25) is 0 Å². The van der Waals surface area contributed by atoms with Gasteiger partial charge < -0.3 is 10.6 Å². The molecular weight excluding hydrogens is 254 g/mol. The Kier molecular flexibility index (Phi) is 4.35. The molecule has 0 fully saturated rings. The number of amides is 1. The first-order chi connectivity index (χ1) is 9.71. The smallest absolute Gasteiger partial charge is 0.241 e. The van der Waals surface area contributed by atoms with Gasteiger partial charge in [0.05, 0.1) is 23.5 Å². The fourth-order valence-corrected chi connectivity index (χ4v) is 1.72. The van der Waals surface area contributed by atoms with E-state index in [9.17, 15) is 4.79 Å². The van der Waals surface area contributed by atoms with E-state index in [1.54, 1.807) is 30.2 Å². The van der Waals surface area contributed by atoms with Crippen molar-refractivity contribution in [1.29, 1.82) is 5.26 Å². The van der Waals surface area contributed by atoms with Gasteiger partial charge in [-0.15, -0.1) is 0 Å². The van der Waals surface area contributed by atoms with Gasteiger partial charge in [-0.3, -0.25) is 9.48 Å². The number of nitriles is 1. The van der Waals surface area contributed by atoms with E-state index in [2.05, 4.69) is 21.8 Å². The maximum Gasteiger partial charge on any atom is 0.241 e. The first-order valence-electron chi connectivity index (χ1n) is 6.17. The van der Waals surface area contributed by atoms with E-state index in [0.29, 0.717) is 12.1 Å². The van der Waals surface area contributed by atoms with Crippen molar-refractivity contribution in [3.63, 3.8) is 0 Å². The molecule has 6 heteroatoms. The van der Waals surface area contributed by atoms with Gasteiger partial charge >= 0.3 is 0 Å². The summed E-state index contributed by atoms with van der Waals surface area (Å²) in [5.74, 6) is -0.0960. The summed E-state index contributed by atoms with van der Waals surface area (Å²) in [7, 11) is 1.59. The lowest BCUT2D eigenvalue weighted by Crippen LogP contribution is -2.23. The zero-order valence-corrected chi connectivity index (χ0v) is 11.1. The second-order valence-electron chi connectivity index (χ2n) is 4.27. The Morgan fingerprint density at radius 2 is 2.35 bits per heavy atom. The van der Waals surface area contributed by atoms with Crippen molar-refractivity contribution in [2.45, 2.75) is 13.1 Å². The predicted molar refractivity (Wildman–Crippen MR) is 74.8 cm³/mol. The molecule has 1 aromatic carbocycles. The van der Waals surface area contributed by atoms with Crippen LogP contribution in [-0.2, 0) is 17.9 Å². The average Bonchev–Trinajstić information content (AvgIpc) is 2.92. The Hall–Kier alpha value is -2.81. The molecule has 0 saturated carbocycles. The normalized spacial score (nSPS) is 9.80. The molecule has 0 bridgehead atoms. The minimum atomic E-state index is -0.0960. The van der Waals surface area contributed by atoms with Crippen LogP contribution < -0.4 is 10.6 Å². The summed E-state index contributed by atoms with van der Waals surface area (Å²) < 4.78 is 1.56. The SMILES string of the molecule is CNC(=O)Cn1cc(NCc2cccc(C#N)c2)cn1. The highest BCUT2D eigenvalue weighted by Gasteiger charge is 2.03. The third kappa shape index (κ3) is 3.59. The van der Waals surface area contributed by atoms with Crippen molar-refractivity contribution in [1.82, 2.24) is 15.1 Å². The quantitative estimate of drug-likeness (QED) is 0.852. The molecule has 2 rings (SSSR count). The summed E-state index contributed by atoms with van der Waals surface area (Å²) in [5, 5.41) is 18.7. The lowest BCUT2D eigenvalue weighted by atomic mass is 10.1. The Morgan fingerprint density at radius 1 is 1.50 bits per heavy atom. The molecule has 20 heavy (non-hydrogen) atoms. The zero-order chi connectivity index (χ0) is 14.4. The Bertz CT molecular complexity index is 641. The van der Waals surface area contributed by atoms with Gasteiger partial charge in [-0.25, -0.2) is 0 Å². The molecule has 0 atom stereocenters. The van der Waals surface area contributed by atoms with E-state index in [0.717, 1.165) is 11.3 Å². The lowest BCUT2D eigenvalue weighted by Gasteiger charge is -2.04. The van der Waals surface area contributed by atoms with E-state index in [4.69, 9.17) is 5.26 Å². The molecule has 0 radical (unpaired) electrons. The van der Waals surface area contributed by atoms with Gasteiger partial charge in [0.2, 0.25) is 5.91 Å². The molecule has 2 N–H and O–H groups in total. The number of hydrogen-bond acceptors (Lipinski definition) is 4. The number of hydrogen-bond donors (Lipinski definition) is 2. The molecule has 1 aromatic heterocycles. The highest BCUT2D eigenvalue weighted by atomic mass is 16.1. The monoisotopic (exact) mass is 269 g/mol. The minimum absolute atomic E-state index is 0.0960. The number of carbonyl (C=O) groups excluding carboxylic acids is 1. The van der Waals surface area contributed by atoms with Gasteiger partial charge in [-0.2, -0.15) is 10.4 Å². The van der Waals surface area contributed by atoms with Crippen LogP contribution in [0.1, 0.15) is 11.1 Å². The largest absolute Gasteiger partial charge is 0.378 e. The standard InChI is InChI=1S/C14H15N5O/c1-16-14(20)10-19-9-13(8-18-19)17-7-12-4-2-3-11(5-12)6-15/h2-5,8-9,17H,7,10H2,1H3,(H,16,20). The Labute approximate surface area is 117 Å². The second-order valence-corrected chi connectivity index (χ2v) is 4.27. The summed E-state index contributed by atoms with van der Waals surface area (Å²) >= 11 is 0. The molecule has 0 aliphatic carbocycles. The number of nitrogens with zero attached hydrogens (tertiary/aromatic N) is 3. The van der Waals surface area contributed by atoms with E-state index >= 15 is 0 Å². The molecule has 0 spiro atoms. The first kappa shape index (κ1) is 13.6. The van der Waals surface area contributed by atoms with Crippen LogP contribution in [0.15, 0.2) is 36.7 Å². The third-order valence-corrected chi connectivity index (χ3v) is 2.77. The number of carbonyl (C=O) groups is 1. The molecule has 0 saturated heterocycles. The van der Waals surface area contributed by atoms with Crippen molar-refractivity contribution in [2.75, 3.05) is 12.4 Å². The molecule has 0 aliphatic rings. The van der Waals surface area contributed by atoms with Gasteiger partial charge in [-0.05, 0) is 17.7 Å². The van der Waals surface area contributed by atoms with Crippen LogP contribution >= 0.6 is 0 Å². The summed E-state index contributed by atoms with van der Waals surface area (Å²) in [4.78, 5) is 11.2. The molecule has 0 aliphatic heterocycles. The number of benzene rings is 1. The number of nitrogens with one attached hydrogen (secondary N) is 2.